The van der Waals surface area contributed by atoms with Gasteiger partial charge in [-0.3, -0.25) is 4.79 Å². The van der Waals surface area contributed by atoms with Crippen molar-refractivity contribution in [3.63, 3.8) is 0 Å². The number of para-hydroxylation sites is 1. The molecule has 1 aromatic heterocycles. The van der Waals surface area contributed by atoms with E-state index in [4.69, 9.17) is 10.7 Å². The second kappa shape index (κ2) is 8.59. The van der Waals surface area contributed by atoms with E-state index in [1.165, 1.54) is 5.57 Å². The van der Waals surface area contributed by atoms with Crippen LogP contribution in [-0.4, -0.2) is 28.7 Å². The van der Waals surface area contributed by atoms with E-state index in [-0.39, 0.29) is 23.9 Å². The molecule has 4 nitrogen and oxygen atoms in total. The Morgan fingerprint density at radius 3 is 2.82 bits per heavy atom. The van der Waals surface area contributed by atoms with Crippen LogP contribution in [0.2, 0.25) is 0 Å². The van der Waals surface area contributed by atoms with Gasteiger partial charge in [-0.05, 0) is 24.1 Å². The van der Waals surface area contributed by atoms with Crippen LogP contribution < -0.4 is 11.1 Å². The Labute approximate surface area is 169 Å². The Hall–Kier alpha value is -2.63. The van der Waals surface area contributed by atoms with Crippen LogP contribution >= 0.6 is 11.8 Å². The molecule has 2 aromatic rings. The van der Waals surface area contributed by atoms with Gasteiger partial charge in [-0.15, -0.1) is 11.8 Å². The number of amides is 1. The van der Waals surface area contributed by atoms with E-state index in [1.807, 2.05) is 48.6 Å². The Bertz CT molecular complexity index is 992. The molecule has 3 unspecified atom stereocenters. The molecule has 0 aliphatic heterocycles. The average molecular weight is 390 g/mol. The number of carbonyl (C=O) groups is 1. The minimum absolute atomic E-state index is 0.0239. The smallest absolute Gasteiger partial charge is 0.227 e. The van der Waals surface area contributed by atoms with Crippen molar-refractivity contribution in [1.29, 1.82) is 0 Å². The van der Waals surface area contributed by atoms with Crippen LogP contribution in [0.5, 0.6) is 0 Å². The molecule has 0 saturated carbocycles. The number of aromatic nitrogens is 1. The van der Waals surface area contributed by atoms with Gasteiger partial charge in [0.15, 0.2) is 0 Å². The molecule has 3 atom stereocenters. The fourth-order valence-electron chi connectivity index (χ4n) is 3.29. The van der Waals surface area contributed by atoms with Crippen LogP contribution in [0.25, 0.3) is 10.9 Å². The number of hydrogen-bond donors (Lipinski definition) is 2. The summed E-state index contributed by atoms with van der Waals surface area (Å²) in [6.07, 6.45) is 14.6. The topological polar surface area (TPSA) is 68.0 Å². The minimum atomic E-state index is -0.168. The summed E-state index contributed by atoms with van der Waals surface area (Å²) in [6.45, 7) is 0. The summed E-state index contributed by atoms with van der Waals surface area (Å²) >= 11 is 1.72. The molecule has 1 amide bonds. The van der Waals surface area contributed by atoms with E-state index in [1.54, 1.807) is 11.8 Å². The second-order valence-electron chi connectivity index (χ2n) is 6.99. The summed E-state index contributed by atoms with van der Waals surface area (Å²) < 4.78 is 0. The van der Waals surface area contributed by atoms with E-state index in [9.17, 15) is 4.79 Å². The minimum Gasteiger partial charge on any atom is -0.347 e. The molecule has 1 aromatic carbocycles. The van der Waals surface area contributed by atoms with Gasteiger partial charge >= 0.3 is 0 Å². The third-order valence-electron chi connectivity index (χ3n) is 4.96. The van der Waals surface area contributed by atoms with Gasteiger partial charge < -0.3 is 11.1 Å². The molecule has 3 N–H and O–H groups in total. The number of pyridine rings is 1. The van der Waals surface area contributed by atoms with Crippen molar-refractivity contribution in [1.82, 2.24) is 10.3 Å². The van der Waals surface area contributed by atoms with E-state index >= 15 is 0 Å². The van der Waals surface area contributed by atoms with Gasteiger partial charge in [-0.1, -0.05) is 66.8 Å². The van der Waals surface area contributed by atoms with Crippen LogP contribution in [0.4, 0.5) is 0 Å². The lowest BCUT2D eigenvalue weighted by Gasteiger charge is -2.24. The predicted octanol–water partition coefficient (Wildman–Crippen LogP) is 3.77. The van der Waals surface area contributed by atoms with Gasteiger partial charge in [0.25, 0.3) is 0 Å². The van der Waals surface area contributed by atoms with Gasteiger partial charge in [-0.25, -0.2) is 4.98 Å². The Morgan fingerprint density at radius 1 is 1.14 bits per heavy atom. The average Bonchev–Trinajstić information content (AvgIpc) is 2.74. The van der Waals surface area contributed by atoms with Crippen LogP contribution in [0.3, 0.4) is 0 Å². The molecule has 2 aliphatic rings. The van der Waals surface area contributed by atoms with Gasteiger partial charge in [-0.2, -0.15) is 0 Å². The monoisotopic (exact) mass is 389 g/mol. The Balaban J connectivity index is 1.30. The van der Waals surface area contributed by atoms with Crippen molar-refractivity contribution in [3.8, 4) is 0 Å². The van der Waals surface area contributed by atoms with Crippen molar-refractivity contribution in [2.24, 2.45) is 11.7 Å². The lowest BCUT2D eigenvalue weighted by Crippen LogP contribution is -2.47. The second-order valence-corrected chi connectivity index (χ2v) is 7.99. The Morgan fingerprint density at radius 2 is 2.00 bits per heavy atom. The maximum atomic E-state index is 12.5. The zero-order valence-electron chi connectivity index (χ0n) is 15.5. The molecular weight excluding hydrogens is 366 g/mol. The van der Waals surface area contributed by atoms with Crippen molar-refractivity contribution in [2.75, 3.05) is 5.75 Å². The number of nitrogens with one attached hydrogen (secondary N) is 1. The molecule has 0 bridgehead atoms. The first-order valence-electron chi connectivity index (χ1n) is 9.46. The maximum absolute atomic E-state index is 12.5. The van der Waals surface area contributed by atoms with Gasteiger partial charge in [0.1, 0.15) is 0 Å². The molecule has 1 heterocycles. The fraction of sp³-hybridized carbons (Fsp3) is 0.217. The molecule has 28 heavy (non-hydrogen) atoms. The van der Waals surface area contributed by atoms with E-state index in [2.05, 4.69) is 35.7 Å². The number of nitrogens with two attached hydrogens (primary N) is 1. The molecular formula is C23H23N3OS. The number of hydrogen-bond acceptors (Lipinski definition) is 4. The van der Waals surface area contributed by atoms with Crippen molar-refractivity contribution >= 4 is 28.6 Å². The molecule has 0 spiro atoms. The number of thioether (sulfide) groups is 1. The summed E-state index contributed by atoms with van der Waals surface area (Å²) in [7, 11) is 0. The highest BCUT2D eigenvalue weighted by molar-refractivity contribution is 7.99. The van der Waals surface area contributed by atoms with E-state index in [0.717, 1.165) is 21.7 Å². The van der Waals surface area contributed by atoms with Gasteiger partial charge in [0.2, 0.25) is 5.91 Å². The number of nitrogens with zero attached hydrogens (tertiary/aromatic N) is 1. The van der Waals surface area contributed by atoms with E-state index in [0.29, 0.717) is 6.42 Å². The number of benzene rings is 1. The van der Waals surface area contributed by atoms with Crippen molar-refractivity contribution in [3.05, 3.63) is 84.5 Å². The molecule has 0 fully saturated rings. The zero-order valence-corrected chi connectivity index (χ0v) is 16.3. The first kappa shape index (κ1) is 18.7. The van der Waals surface area contributed by atoms with Crippen LogP contribution in [-0.2, 0) is 4.79 Å². The number of allylic oxidation sites excluding steroid dienone is 4. The van der Waals surface area contributed by atoms with Crippen molar-refractivity contribution < 1.29 is 4.79 Å². The largest absolute Gasteiger partial charge is 0.347 e. The third kappa shape index (κ3) is 4.43. The zero-order chi connectivity index (χ0) is 19.3. The van der Waals surface area contributed by atoms with Crippen LogP contribution in [0.1, 0.15) is 6.42 Å². The molecule has 0 radical (unpaired) electrons. The summed E-state index contributed by atoms with van der Waals surface area (Å²) in [5.74, 6) is 0.729. The summed E-state index contributed by atoms with van der Waals surface area (Å²) in [5, 5.41) is 5.20. The lowest BCUT2D eigenvalue weighted by molar-refractivity contribution is -0.124. The standard InChI is InChI=1S/C23H23N3OS/c24-19-6-2-4-8-21(19)26-23(27)18-11-9-16(10-12-18)15-28-22-14-13-17-5-1-3-7-20(17)25-22/h1-11,13-14,18-19,21H,12,15,24H2,(H,26,27). The maximum Gasteiger partial charge on any atom is 0.227 e. The highest BCUT2D eigenvalue weighted by atomic mass is 32.2. The number of rotatable bonds is 5. The highest BCUT2D eigenvalue weighted by Crippen LogP contribution is 2.25. The van der Waals surface area contributed by atoms with Crippen LogP contribution in [0.15, 0.2) is 89.5 Å². The Kier molecular flexibility index (Phi) is 5.74. The fourth-order valence-corrected chi connectivity index (χ4v) is 4.15. The molecule has 2 aliphatic carbocycles. The first-order valence-corrected chi connectivity index (χ1v) is 10.4. The number of fused-ring (bicyclic) bond motifs is 1. The molecule has 0 saturated heterocycles. The summed E-state index contributed by atoms with van der Waals surface area (Å²) in [4.78, 5) is 17.2. The van der Waals surface area contributed by atoms with Crippen molar-refractivity contribution in [2.45, 2.75) is 23.5 Å². The molecule has 142 valence electrons. The molecule has 5 heteroatoms. The SMILES string of the molecule is NC1C=CC=CC1NC(=O)C1C=CC(CSc2ccc3ccccc3n2)=CC1. The predicted molar refractivity (Wildman–Crippen MR) is 116 cm³/mol. The normalized spacial score (nSPS) is 23.6. The van der Waals surface area contributed by atoms with Gasteiger partial charge in [0, 0.05) is 17.2 Å². The first-order chi connectivity index (χ1) is 13.7. The quantitative estimate of drug-likeness (QED) is 0.764. The summed E-state index contributed by atoms with van der Waals surface area (Å²) in [5.41, 5.74) is 8.26. The number of carbonyl (C=O) groups excluding carboxylic acids is 1. The van der Waals surface area contributed by atoms with Crippen LogP contribution in [0, 0.1) is 5.92 Å². The lowest BCUT2D eigenvalue weighted by atomic mass is 9.95. The highest BCUT2D eigenvalue weighted by Gasteiger charge is 2.22. The van der Waals surface area contributed by atoms with Gasteiger partial charge in [0.05, 0.1) is 22.5 Å². The summed E-state index contributed by atoms with van der Waals surface area (Å²) in [6, 6.07) is 12.0. The third-order valence-corrected chi connectivity index (χ3v) is 5.96. The molecule has 4 rings (SSSR count). The van der Waals surface area contributed by atoms with E-state index < -0.39 is 0 Å².